The maximum Gasteiger partial charge on any atom is 0.524 e. The maximum atomic E-state index is 14.6. The Bertz CT molecular complexity index is 771. The minimum absolute atomic E-state index is 0.397. The van der Waals surface area contributed by atoms with Crippen LogP contribution in [0.15, 0.2) is 42.5 Å². The maximum absolute atomic E-state index is 14.6. The summed E-state index contributed by atoms with van der Waals surface area (Å²) in [6, 6.07) is 3.79. The molecule has 0 aromatic carbocycles. The van der Waals surface area contributed by atoms with Gasteiger partial charge in [-0.25, -0.2) is 4.39 Å². The van der Waals surface area contributed by atoms with Crippen LogP contribution in [0.1, 0.15) is 33.3 Å². The molecule has 0 spiro atoms. The molecule has 5 nitrogen and oxygen atoms in total. The predicted molar refractivity (Wildman–Crippen MR) is 95.4 cm³/mol. The summed E-state index contributed by atoms with van der Waals surface area (Å²) in [5, 5.41) is 4.46. The van der Waals surface area contributed by atoms with Gasteiger partial charge in [-0.3, -0.25) is 9.67 Å². The molecule has 0 aliphatic carbocycles. The number of pyridine rings is 1. The second-order valence-electron chi connectivity index (χ2n) is 7.30. The minimum Gasteiger partial charge on any atom is -0.398 e. The van der Waals surface area contributed by atoms with Crippen LogP contribution in [0, 0.1) is 0 Å². The third-order valence-corrected chi connectivity index (χ3v) is 4.83. The lowest BCUT2D eigenvalue weighted by atomic mass is 9.87. The van der Waals surface area contributed by atoms with Gasteiger partial charge in [0.2, 0.25) is 0 Å². The molecule has 3 rings (SSSR count). The van der Waals surface area contributed by atoms with Crippen molar-refractivity contribution in [3.63, 3.8) is 0 Å². The molecule has 0 N–H and O–H groups in total. The van der Waals surface area contributed by atoms with E-state index in [4.69, 9.17) is 9.31 Å². The Hall–Kier alpha value is -1.99. The van der Waals surface area contributed by atoms with E-state index in [1.807, 2.05) is 53.1 Å². The van der Waals surface area contributed by atoms with E-state index in [0.717, 1.165) is 16.8 Å². The first-order chi connectivity index (χ1) is 11.7. The molecular weight excluding hydrogens is 320 g/mol. The molecule has 2 aromatic heterocycles. The van der Waals surface area contributed by atoms with Crippen LogP contribution in [0.4, 0.5) is 4.39 Å². The Balaban J connectivity index is 1.79. The zero-order valence-electron chi connectivity index (χ0n) is 15.3. The van der Waals surface area contributed by atoms with Gasteiger partial charge in [0.1, 0.15) is 5.73 Å². The number of hydrogen-bond acceptors (Lipinski definition) is 4. The number of rotatable bonds is 4. The molecule has 1 saturated heterocycles. The van der Waals surface area contributed by atoms with Crippen molar-refractivity contribution in [1.82, 2.24) is 14.8 Å². The first-order valence-corrected chi connectivity index (χ1v) is 8.34. The second-order valence-corrected chi connectivity index (χ2v) is 7.30. The van der Waals surface area contributed by atoms with Crippen molar-refractivity contribution >= 4 is 7.12 Å². The van der Waals surface area contributed by atoms with E-state index in [1.165, 1.54) is 6.08 Å². The summed E-state index contributed by atoms with van der Waals surface area (Å²) < 4.78 is 27.8. The fourth-order valence-electron chi connectivity index (χ4n) is 2.69. The molecule has 7 heteroatoms. The van der Waals surface area contributed by atoms with Crippen LogP contribution < -0.4 is 0 Å². The van der Waals surface area contributed by atoms with Gasteiger partial charge in [-0.2, -0.15) is 5.10 Å². The van der Waals surface area contributed by atoms with Crippen LogP contribution in [-0.4, -0.2) is 33.1 Å². The first kappa shape index (κ1) is 17.8. The number of nitrogens with zero attached hydrogens (tertiary/aromatic N) is 3. The summed E-state index contributed by atoms with van der Waals surface area (Å²) in [5.41, 5.74) is 1.09. The molecule has 0 bridgehead atoms. The van der Waals surface area contributed by atoms with Gasteiger partial charge in [0.15, 0.2) is 0 Å². The average molecular weight is 343 g/mol. The summed E-state index contributed by atoms with van der Waals surface area (Å²) in [6.45, 7) is 7.62. The SMILES string of the molecule is Cn1cc(CC=C(F)B2OC(C)(C)C(C)(C)O2)c(-c2cccnc2)n1. The molecule has 3 heterocycles. The highest BCUT2D eigenvalue weighted by atomic mass is 19.1. The summed E-state index contributed by atoms with van der Waals surface area (Å²) in [7, 11) is 0.876. The quantitative estimate of drug-likeness (QED) is 0.797. The molecule has 1 aliphatic rings. The molecule has 132 valence electrons. The van der Waals surface area contributed by atoms with Gasteiger partial charge >= 0.3 is 7.12 Å². The molecular formula is C18H23BFN3O2. The van der Waals surface area contributed by atoms with Crippen molar-refractivity contribution < 1.29 is 13.7 Å². The number of halogens is 1. The van der Waals surface area contributed by atoms with Crippen molar-refractivity contribution in [1.29, 1.82) is 0 Å². The monoisotopic (exact) mass is 343 g/mol. The average Bonchev–Trinajstić information content (AvgIpc) is 3.02. The molecule has 0 amide bonds. The normalized spacial score (nSPS) is 19.4. The van der Waals surface area contributed by atoms with Crippen molar-refractivity contribution in [3.05, 3.63) is 48.1 Å². The van der Waals surface area contributed by atoms with Crippen LogP contribution in [0.2, 0.25) is 0 Å². The van der Waals surface area contributed by atoms with E-state index in [2.05, 4.69) is 10.1 Å². The fourth-order valence-corrected chi connectivity index (χ4v) is 2.69. The molecule has 0 radical (unpaired) electrons. The predicted octanol–water partition coefficient (Wildman–Crippen LogP) is 3.51. The summed E-state index contributed by atoms with van der Waals surface area (Å²) in [4.78, 5) is 4.12. The highest BCUT2D eigenvalue weighted by Gasteiger charge is 2.52. The van der Waals surface area contributed by atoms with Gasteiger partial charge in [-0.1, -0.05) is 6.08 Å². The lowest BCUT2D eigenvalue weighted by Crippen LogP contribution is -2.41. The zero-order valence-corrected chi connectivity index (χ0v) is 15.3. The van der Waals surface area contributed by atoms with Crippen LogP contribution >= 0.6 is 0 Å². The van der Waals surface area contributed by atoms with Crippen molar-refractivity contribution in [3.8, 4) is 11.3 Å². The molecule has 0 saturated carbocycles. The molecule has 0 atom stereocenters. The van der Waals surface area contributed by atoms with Crippen LogP contribution in [0.5, 0.6) is 0 Å². The first-order valence-electron chi connectivity index (χ1n) is 8.34. The van der Waals surface area contributed by atoms with E-state index in [-0.39, 0.29) is 0 Å². The standard InChI is InChI=1S/C18H23BFN3O2/c1-17(2)18(3,4)25-19(24-17)15(20)9-8-14-12-23(5)22-16(14)13-7-6-10-21-11-13/h6-7,9-12H,8H2,1-5H3. The topological polar surface area (TPSA) is 49.2 Å². The van der Waals surface area contributed by atoms with E-state index in [9.17, 15) is 4.39 Å². The molecule has 25 heavy (non-hydrogen) atoms. The van der Waals surface area contributed by atoms with E-state index in [0.29, 0.717) is 6.42 Å². The Morgan fingerprint density at radius 3 is 2.56 bits per heavy atom. The summed E-state index contributed by atoms with van der Waals surface area (Å²) >= 11 is 0. The van der Waals surface area contributed by atoms with Crippen LogP contribution in [-0.2, 0) is 22.8 Å². The van der Waals surface area contributed by atoms with E-state index in [1.54, 1.807) is 17.1 Å². The Labute approximate surface area is 148 Å². The number of hydrogen-bond donors (Lipinski definition) is 0. The van der Waals surface area contributed by atoms with Gasteiger partial charge < -0.3 is 9.31 Å². The molecule has 2 aromatic rings. The number of aryl methyl sites for hydroxylation is 1. The number of aromatic nitrogens is 3. The largest absolute Gasteiger partial charge is 0.524 e. The van der Waals surface area contributed by atoms with Crippen molar-refractivity contribution in [2.75, 3.05) is 0 Å². The van der Waals surface area contributed by atoms with Crippen LogP contribution in [0.3, 0.4) is 0 Å². The molecule has 1 aliphatic heterocycles. The lowest BCUT2D eigenvalue weighted by Gasteiger charge is -2.32. The molecule has 1 fully saturated rings. The number of allylic oxidation sites excluding steroid dienone is 1. The van der Waals surface area contributed by atoms with E-state index < -0.39 is 24.0 Å². The Morgan fingerprint density at radius 1 is 1.28 bits per heavy atom. The lowest BCUT2D eigenvalue weighted by molar-refractivity contribution is 0.00578. The Morgan fingerprint density at radius 2 is 1.96 bits per heavy atom. The van der Waals surface area contributed by atoms with Gasteiger partial charge in [-0.05, 0) is 46.2 Å². The smallest absolute Gasteiger partial charge is 0.398 e. The van der Waals surface area contributed by atoms with E-state index >= 15 is 0 Å². The van der Waals surface area contributed by atoms with Gasteiger partial charge in [0.05, 0.1) is 16.9 Å². The zero-order chi connectivity index (χ0) is 18.2. The van der Waals surface area contributed by atoms with Gasteiger partial charge in [0, 0.05) is 36.8 Å². The minimum atomic E-state index is -0.969. The van der Waals surface area contributed by atoms with Crippen LogP contribution in [0.25, 0.3) is 11.3 Å². The third kappa shape index (κ3) is 3.53. The summed E-state index contributed by atoms with van der Waals surface area (Å²) in [6.07, 6.45) is 7.24. The Kier molecular flexibility index (Phi) is 4.55. The summed E-state index contributed by atoms with van der Waals surface area (Å²) in [5.74, 6) is 0. The molecule has 0 unspecified atom stereocenters. The van der Waals surface area contributed by atoms with Crippen molar-refractivity contribution in [2.45, 2.75) is 45.3 Å². The van der Waals surface area contributed by atoms with Gasteiger partial charge in [-0.15, -0.1) is 0 Å². The highest BCUT2D eigenvalue weighted by Crippen LogP contribution is 2.38. The third-order valence-electron chi connectivity index (χ3n) is 4.83. The fraction of sp³-hybridized carbons (Fsp3) is 0.444. The second kappa shape index (κ2) is 6.39. The van der Waals surface area contributed by atoms with Gasteiger partial charge in [0.25, 0.3) is 0 Å². The van der Waals surface area contributed by atoms with Crippen molar-refractivity contribution in [2.24, 2.45) is 7.05 Å². The highest BCUT2D eigenvalue weighted by molar-refractivity contribution is 6.53.